The fraction of sp³-hybridized carbons (Fsp3) is 0.750. The van der Waals surface area contributed by atoms with Gasteiger partial charge in [-0.3, -0.25) is 0 Å². The van der Waals surface area contributed by atoms with Gasteiger partial charge in [0.15, 0.2) is 0 Å². The summed E-state index contributed by atoms with van der Waals surface area (Å²) in [6, 6.07) is 0. The monoisotopic (exact) mass is 224 g/mol. The summed E-state index contributed by atoms with van der Waals surface area (Å²) in [5.74, 6) is 1.33. The van der Waals surface area contributed by atoms with Gasteiger partial charge in [0.25, 0.3) is 0 Å². The Balaban J connectivity index is 2.17. The summed E-state index contributed by atoms with van der Waals surface area (Å²) in [5.41, 5.74) is 1.25. The topological polar surface area (TPSA) is 24.9 Å². The SMILES string of the molecule is Cc1nc(C2CCNCC2)sc1C(C)C. The Morgan fingerprint density at radius 2 is 2.00 bits per heavy atom. The number of aryl methyl sites for hydroxylation is 1. The van der Waals surface area contributed by atoms with Gasteiger partial charge in [0.2, 0.25) is 0 Å². The van der Waals surface area contributed by atoms with E-state index in [1.54, 1.807) is 0 Å². The molecule has 0 atom stereocenters. The maximum Gasteiger partial charge on any atom is 0.0962 e. The maximum atomic E-state index is 4.75. The summed E-state index contributed by atoms with van der Waals surface area (Å²) >= 11 is 1.94. The molecule has 1 aliphatic rings. The summed E-state index contributed by atoms with van der Waals surface area (Å²) in [7, 11) is 0. The van der Waals surface area contributed by atoms with E-state index in [2.05, 4.69) is 26.1 Å². The van der Waals surface area contributed by atoms with Crippen molar-refractivity contribution in [1.82, 2.24) is 10.3 Å². The Bertz CT molecular complexity index is 324. The Morgan fingerprint density at radius 1 is 1.33 bits per heavy atom. The number of thiazole rings is 1. The zero-order valence-corrected chi connectivity index (χ0v) is 10.7. The van der Waals surface area contributed by atoms with E-state index in [0.29, 0.717) is 11.8 Å². The van der Waals surface area contributed by atoms with E-state index >= 15 is 0 Å². The highest BCUT2D eigenvalue weighted by atomic mass is 32.1. The highest BCUT2D eigenvalue weighted by Gasteiger charge is 2.20. The highest BCUT2D eigenvalue weighted by molar-refractivity contribution is 7.11. The van der Waals surface area contributed by atoms with Crippen molar-refractivity contribution >= 4 is 11.3 Å². The van der Waals surface area contributed by atoms with Crippen molar-refractivity contribution in [3.8, 4) is 0 Å². The molecule has 1 aliphatic heterocycles. The molecule has 0 aliphatic carbocycles. The number of hydrogen-bond acceptors (Lipinski definition) is 3. The van der Waals surface area contributed by atoms with Gasteiger partial charge in [0.05, 0.1) is 10.7 Å². The van der Waals surface area contributed by atoms with E-state index < -0.39 is 0 Å². The Morgan fingerprint density at radius 3 is 2.53 bits per heavy atom. The first kappa shape index (κ1) is 11.1. The van der Waals surface area contributed by atoms with Crippen molar-refractivity contribution in [2.24, 2.45) is 0 Å². The third kappa shape index (κ3) is 2.40. The zero-order chi connectivity index (χ0) is 10.8. The van der Waals surface area contributed by atoms with Gasteiger partial charge in [-0.25, -0.2) is 4.98 Å². The second-order valence-corrected chi connectivity index (χ2v) is 5.74. The quantitative estimate of drug-likeness (QED) is 0.835. The molecule has 2 rings (SSSR count). The van der Waals surface area contributed by atoms with Gasteiger partial charge in [-0.1, -0.05) is 13.8 Å². The minimum absolute atomic E-state index is 0.623. The number of aromatic nitrogens is 1. The van der Waals surface area contributed by atoms with Gasteiger partial charge >= 0.3 is 0 Å². The van der Waals surface area contributed by atoms with Crippen LogP contribution < -0.4 is 5.32 Å². The Labute approximate surface area is 96.1 Å². The van der Waals surface area contributed by atoms with Crippen LogP contribution >= 0.6 is 11.3 Å². The van der Waals surface area contributed by atoms with Crippen LogP contribution in [0.4, 0.5) is 0 Å². The molecular weight excluding hydrogens is 204 g/mol. The van der Waals surface area contributed by atoms with Gasteiger partial charge in [-0.05, 0) is 38.8 Å². The van der Waals surface area contributed by atoms with E-state index in [1.807, 2.05) is 11.3 Å². The minimum atomic E-state index is 0.623. The molecule has 0 unspecified atom stereocenters. The molecular formula is C12H20N2S. The van der Waals surface area contributed by atoms with Crippen LogP contribution in [0.25, 0.3) is 0 Å². The van der Waals surface area contributed by atoms with Crippen molar-refractivity contribution in [2.45, 2.75) is 45.4 Å². The lowest BCUT2D eigenvalue weighted by atomic mass is 9.99. The number of nitrogens with zero attached hydrogens (tertiary/aromatic N) is 1. The molecule has 15 heavy (non-hydrogen) atoms. The molecule has 84 valence electrons. The summed E-state index contributed by atoms with van der Waals surface area (Å²) < 4.78 is 0. The van der Waals surface area contributed by atoms with Crippen LogP contribution in [0.15, 0.2) is 0 Å². The minimum Gasteiger partial charge on any atom is -0.317 e. The molecule has 0 spiro atoms. The molecule has 1 saturated heterocycles. The average molecular weight is 224 g/mol. The average Bonchev–Trinajstić information content (AvgIpc) is 2.62. The summed E-state index contributed by atoms with van der Waals surface area (Å²) in [6.07, 6.45) is 2.51. The van der Waals surface area contributed by atoms with Gasteiger partial charge < -0.3 is 5.32 Å². The number of hydrogen-bond donors (Lipinski definition) is 1. The van der Waals surface area contributed by atoms with Crippen LogP contribution in [0.2, 0.25) is 0 Å². The highest BCUT2D eigenvalue weighted by Crippen LogP contribution is 2.33. The summed E-state index contributed by atoms with van der Waals surface area (Å²) in [4.78, 5) is 6.22. The molecule has 1 N–H and O–H groups in total. The molecule has 0 amide bonds. The van der Waals surface area contributed by atoms with Crippen LogP contribution in [0.1, 0.15) is 54.1 Å². The standard InChI is InChI=1S/C12H20N2S/c1-8(2)11-9(3)14-12(15-11)10-4-6-13-7-5-10/h8,10,13H,4-7H2,1-3H3. The lowest BCUT2D eigenvalue weighted by Crippen LogP contribution is -2.26. The zero-order valence-electron chi connectivity index (χ0n) is 9.84. The molecule has 0 aromatic carbocycles. The van der Waals surface area contributed by atoms with Crippen LogP contribution in [-0.2, 0) is 0 Å². The number of nitrogens with one attached hydrogen (secondary N) is 1. The summed E-state index contributed by atoms with van der Waals surface area (Å²) in [6.45, 7) is 8.97. The second kappa shape index (κ2) is 4.62. The third-order valence-electron chi connectivity index (χ3n) is 3.06. The fourth-order valence-corrected chi connectivity index (χ4v) is 3.45. The largest absolute Gasteiger partial charge is 0.317 e. The van der Waals surface area contributed by atoms with Crippen molar-refractivity contribution in [1.29, 1.82) is 0 Å². The first-order valence-electron chi connectivity index (χ1n) is 5.86. The van der Waals surface area contributed by atoms with E-state index in [9.17, 15) is 0 Å². The van der Waals surface area contributed by atoms with Crippen LogP contribution in [0.3, 0.4) is 0 Å². The maximum absolute atomic E-state index is 4.75. The fourth-order valence-electron chi connectivity index (χ4n) is 2.21. The predicted octanol–water partition coefficient (Wildman–Crippen LogP) is 3.04. The second-order valence-electron chi connectivity index (χ2n) is 4.68. The lowest BCUT2D eigenvalue weighted by Gasteiger charge is -2.20. The molecule has 0 bridgehead atoms. The van der Waals surface area contributed by atoms with E-state index in [4.69, 9.17) is 4.98 Å². The van der Waals surface area contributed by atoms with Crippen molar-refractivity contribution in [3.63, 3.8) is 0 Å². The molecule has 3 heteroatoms. The third-order valence-corrected chi connectivity index (χ3v) is 4.68. The molecule has 1 fully saturated rings. The van der Waals surface area contributed by atoms with Crippen molar-refractivity contribution in [2.75, 3.05) is 13.1 Å². The molecule has 0 saturated carbocycles. The van der Waals surface area contributed by atoms with E-state index in [1.165, 1.54) is 28.4 Å². The Hall–Kier alpha value is -0.410. The van der Waals surface area contributed by atoms with Gasteiger partial charge in [-0.15, -0.1) is 11.3 Å². The predicted molar refractivity (Wildman–Crippen MR) is 65.8 cm³/mol. The smallest absolute Gasteiger partial charge is 0.0962 e. The molecule has 2 nitrogen and oxygen atoms in total. The normalized spacial score (nSPS) is 18.7. The summed E-state index contributed by atoms with van der Waals surface area (Å²) in [5, 5.41) is 4.78. The van der Waals surface area contributed by atoms with Gasteiger partial charge in [0.1, 0.15) is 0 Å². The van der Waals surface area contributed by atoms with Crippen LogP contribution in [0.5, 0.6) is 0 Å². The molecule has 1 aromatic rings. The molecule has 2 heterocycles. The molecule has 1 aromatic heterocycles. The first-order valence-corrected chi connectivity index (χ1v) is 6.68. The van der Waals surface area contributed by atoms with E-state index in [-0.39, 0.29) is 0 Å². The number of piperidine rings is 1. The van der Waals surface area contributed by atoms with Crippen molar-refractivity contribution in [3.05, 3.63) is 15.6 Å². The van der Waals surface area contributed by atoms with Gasteiger partial charge in [-0.2, -0.15) is 0 Å². The number of rotatable bonds is 2. The molecule has 0 radical (unpaired) electrons. The van der Waals surface area contributed by atoms with Crippen LogP contribution in [-0.4, -0.2) is 18.1 Å². The van der Waals surface area contributed by atoms with Crippen molar-refractivity contribution < 1.29 is 0 Å². The van der Waals surface area contributed by atoms with Gasteiger partial charge in [0, 0.05) is 10.8 Å². The van der Waals surface area contributed by atoms with Crippen LogP contribution in [0, 0.1) is 6.92 Å². The lowest BCUT2D eigenvalue weighted by molar-refractivity contribution is 0.459. The van der Waals surface area contributed by atoms with E-state index in [0.717, 1.165) is 13.1 Å². The Kier molecular flexibility index (Phi) is 3.42. The first-order chi connectivity index (χ1) is 7.18.